The number of Topliss-reactive ketones (excluding diaryl/α,β-unsaturated/α-hetero) is 1. The van der Waals surface area contributed by atoms with Crippen LogP contribution in [-0.4, -0.2) is 40.1 Å². The SMILES string of the molecule is COC(=O)c1ccc(C2/C(=C(\O)c3cc(C)ccc3C)C(=O)C(=O)N2c2nnc(SCc3ccc(F)cc3)s2)cc1. The second-order valence-electron chi connectivity index (χ2n) is 9.37. The molecule has 1 N–H and O–H groups in total. The van der Waals surface area contributed by atoms with Gasteiger partial charge in [-0.1, -0.05) is 65.1 Å². The zero-order valence-electron chi connectivity index (χ0n) is 22.3. The largest absolute Gasteiger partial charge is 0.507 e. The molecule has 1 aliphatic rings. The summed E-state index contributed by atoms with van der Waals surface area (Å²) in [5.41, 5.74) is 3.61. The topological polar surface area (TPSA) is 110 Å². The van der Waals surface area contributed by atoms with Crippen LogP contribution >= 0.6 is 23.1 Å². The summed E-state index contributed by atoms with van der Waals surface area (Å²) < 4.78 is 18.6. The molecule has 0 aliphatic carbocycles. The van der Waals surface area contributed by atoms with E-state index in [2.05, 4.69) is 10.2 Å². The minimum absolute atomic E-state index is 0.0924. The zero-order chi connectivity index (χ0) is 29.3. The number of methoxy groups -OCH3 is 1. The fourth-order valence-corrected chi connectivity index (χ4v) is 6.31. The van der Waals surface area contributed by atoms with Crippen LogP contribution in [0.25, 0.3) is 5.76 Å². The highest BCUT2D eigenvalue weighted by Crippen LogP contribution is 2.44. The van der Waals surface area contributed by atoms with E-state index < -0.39 is 23.7 Å². The van der Waals surface area contributed by atoms with Gasteiger partial charge >= 0.3 is 11.9 Å². The van der Waals surface area contributed by atoms with Crippen molar-refractivity contribution in [1.82, 2.24) is 10.2 Å². The molecule has 1 atom stereocenters. The summed E-state index contributed by atoms with van der Waals surface area (Å²) in [6, 6.07) is 16.8. The van der Waals surface area contributed by atoms with Gasteiger partial charge in [-0.2, -0.15) is 0 Å². The first-order valence-electron chi connectivity index (χ1n) is 12.5. The fraction of sp³-hybridized carbons (Fsp3) is 0.167. The molecule has 8 nitrogen and oxygen atoms in total. The molecule has 0 bridgehead atoms. The maximum Gasteiger partial charge on any atom is 0.337 e. The Bertz CT molecular complexity index is 1680. The number of hydrogen-bond donors (Lipinski definition) is 1. The zero-order valence-corrected chi connectivity index (χ0v) is 23.9. The minimum Gasteiger partial charge on any atom is -0.507 e. The van der Waals surface area contributed by atoms with Crippen molar-refractivity contribution in [2.24, 2.45) is 0 Å². The van der Waals surface area contributed by atoms with Crippen molar-refractivity contribution >= 4 is 51.6 Å². The molecule has 3 aromatic carbocycles. The molecule has 1 aliphatic heterocycles. The van der Waals surface area contributed by atoms with Crippen LogP contribution in [0.1, 0.15) is 44.2 Å². The van der Waals surface area contributed by atoms with E-state index in [1.165, 1.54) is 48.0 Å². The number of rotatable bonds is 7. The van der Waals surface area contributed by atoms with Crippen molar-refractivity contribution in [2.45, 2.75) is 30.0 Å². The van der Waals surface area contributed by atoms with E-state index in [0.717, 1.165) is 28.0 Å². The Balaban J connectivity index is 1.57. The molecule has 208 valence electrons. The number of carbonyl (C=O) groups excluding carboxylic acids is 3. The maximum atomic E-state index is 13.5. The van der Waals surface area contributed by atoms with Gasteiger partial charge in [0.1, 0.15) is 11.6 Å². The Morgan fingerprint density at radius 2 is 1.76 bits per heavy atom. The van der Waals surface area contributed by atoms with E-state index in [9.17, 15) is 23.9 Å². The first-order chi connectivity index (χ1) is 19.7. The summed E-state index contributed by atoms with van der Waals surface area (Å²) in [5, 5.41) is 20.0. The molecule has 5 rings (SSSR count). The molecule has 1 fully saturated rings. The predicted molar refractivity (Wildman–Crippen MR) is 154 cm³/mol. The molecular formula is C30H24FN3O5S2. The van der Waals surface area contributed by atoms with Crippen molar-refractivity contribution in [3.63, 3.8) is 0 Å². The Labute approximate surface area is 243 Å². The van der Waals surface area contributed by atoms with E-state index >= 15 is 0 Å². The van der Waals surface area contributed by atoms with Crippen molar-refractivity contribution < 1.29 is 28.6 Å². The van der Waals surface area contributed by atoms with E-state index in [4.69, 9.17) is 4.74 Å². The van der Waals surface area contributed by atoms with Crippen LogP contribution in [-0.2, 0) is 20.1 Å². The molecule has 1 unspecified atom stereocenters. The van der Waals surface area contributed by atoms with Gasteiger partial charge in [-0.3, -0.25) is 14.5 Å². The van der Waals surface area contributed by atoms with Crippen LogP contribution in [0.5, 0.6) is 0 Å². The second kappa shape index (κ2) is 11.6. The van der Waals surface area contributed by atoms with Crippen molar-refractivity contribution in [1.29, 1.82) is 0 Å². The normalized spacial score (nSPS) is 16.3. The predicted octanol–water partition coefficient (Wildman–Crippen LogP) is 6.00. The third-order valence-electron chi connectivity index (χ3n) is 6.62. The van der Waals surface area contributed by atoms with E-state index in [1.54, 1.807) is 37.3 Å². The molecule has 41 heavy (non-hydrogen) atoms. The highest BCUT2D eigenvalue weighted by atomic mass is 32.2. The number of aromatic nitrogens is 2. The number of ketones is 1. The van der Waals surface area contributed by atoms with E-state index in [0.29, 0.717) is 21.2 Å². The molecule has 2 heterocycles. The van der Waals surface area contributed by atoms with Crippen LogP contribution in [0.15, 0.2) is 76.6 Å². The molecule has 0 saturated carbocycles. The number of anilines is 1. The van der Waals surface area contributed by atoms with Crippen molar-refractivity contribution in [3.8, 4) is 0 Å². The van der Waals surface area contributed by atoms with Crippen LogP contribution in [0.2, 0.25) is 0 Å². The first-order valence-corrected chi connectivity index (χ1v) is 14.3. The number of aliphatic hydroxyl groups excluding tert-OH is 1. The van der Waals surface area contributed by atoms with Crippen molar-refractivity contribution in [2.75, 3.05) is 12.0 Å². The number of halogens is 1. The summed E-state index contributed by atoms with van der Waals surface area (Å²) in [4.78, 5) is 40.2. The lowest BCUT2D eigenvalue weighted by molar-refractivity contribution is -0.132. The number of ether oxygens (including phenoxy) is 1. The number of thioether (sulfide) groups is 1. The van der Waals surface area contributed by atoms with Gasteiger partial charge in [-0.25, -0.2) is 9.18 Å². The standard InChI is InChI=1S/C30H24FN3O5S2/c1-16-4-5-17(2)22(14-16)25(35)23-24(19-8-10-20(11-9-19)28(38)39-3)34(27(37)26(23)36)29-32-33-30(41-29)40-15-18-6-12-21(31)13-7-18/h4-14,24,35H,15H2,1-3H3/b25-23+. The monoisotopic (exact) mass is 589 g/mol. The van der Waals surface area contributed by atoms with Gasteiger partial charge < -0.3 is 9.84 Å². The highest BCUT2D eigenvalue weighted by molar-refractivity contribution is 8.00. The molecule has 11 heteroatoms. The quantitative estimate of drug-likeness (QED) is 0.0698. The number of aliphatic hydroxyl groups is 1. The average molecular weight is 590 g/mol. The molecule has 0 spiro atoms. The molecule has 0 radical (unpaired) electrons. The average Bonchev–Trinajstić information content (AvgIpc) is 3.55. The van der Waals surface area contributed by atoms with E-state index in [1.807, 2.05) is 19.1 Å². The lowest BCUT2D eigenvalue weighted by Gasteiger charge is -2.23. The second-order valence-corrected chi connectivity index (χ2v) is 11.5. The van der Waals surface area contributed by atoms with Gasteiger partial charge in [0.25, 0.3) is 5.78 Å². The van der Waals surface area contributed by atoms with Gasteiger partial charge in [0.2, 0.25) is 5.13 Å². The lowest BCUT2D eigenvalue weighted by atomic mass is 9.93. The number of amides is 1. The minimum atomic E-state index is -1.02. The smallest absolute Gasteiger partial charge is 0.337 e. The van der Waals surface area contributed by atoms with Gasteiger partial charge in [-0.05, 0) is 60.9 Å². The number of aryl methyl sites for hydroxylation is 2. The van der Waals surface area contributed by atoms with Crippen LogP contribution in [0.4, 0.5) is 9.52 Å². The van der Waals surface area contributed by atoms with E-state index in [-0.39, 0.29) is 27.8 Å². The summed E-state index contributed by atoms with van der Waals surface area (Å²) in [7, 11) is 1.27. The maximum absolute atomic E-state index is 13.5. The molecule has 1 aromatic heterocycles. The van der Waals surface area contributed by atoms with Crippen molar-refractivity contribution in [3.05, 3.63) is 112 Å². The molecular weight excluding hydrogens is 565 g/mol. The van der Waals surface area contributed by atoms with Crippen LogP contribution < -0.4 is 4.90 Å². The lowest BCUT2D eigenvalue weighted by Crippen LogP contribution is -2.29. The summed E-state index contributed by atoms with van der Waals surface area (Å²) in [6.45, 7) is 3.67. The third kappa shape index (κ3) is 5.63. The summed E-state index contributed by atoms with van der Waals surface area (Å²) in [5.74, 6) is -2.38. The number of nitrogens with zero attached hydrogens (tertiary/aromatic N) is 3. The van der Waals surface area contributed by atoms with Crippen LogP contribution in [0, 0.1) is 19.7 Å². The molecule has 4 aromatic rings. The van der Waals surface area contributed by atoms with Crippen LogP contribution in [0.3, 0.4) is 0 Å². The first kappa shape index (κ1) is 28.2. The third-order valence-corrected chi connectivity index (χ3v) is 8.74. The van der Waals surface area contributed by atoms with Gasteiger partial charge in [0.05, 0.1) is 24.3 Å². The number of hydrogen-bond acceptors (Lipinski definition) is 9. The summed E-state index contributed by atoms with van der Waals surface area (Å²) in [6.07, 6.45) is 0. The molecule has 1 amide bonds. The van der Waals surface area contributed by atoms with Gasteiger partial charge in [-0.15, -0.1) is 10.2 Å². The highest BCUT2D eigenvalue weighted by Gasteiger charge is 2.48. The van der Waals surface area contributed by atoms with Gasteiger partial charge in [0.15, 0.2) is 4.34 Å². The Morgan fingerprint density at radius 1 is 1.05 bits per heavy atom. The number of carbonyl (C=O) groups is 3. The Hall–Kier alpha value is -4.35. The van der Waals surface area contributed by atoms with Gasteiger partial charge in [0, 0.05) is 11.3 Å². The molecule has 1 saturated heterocycles. The Kier molecular flexibility index (Phi) is 8.00. The summed E-state index contributed by atoms with van der Waals surface area (Å²) >= 11 is 2.48. The Morgan fingerprint density at radius 3 is 2.44 bits per heavy atom. The number of benzene rings is 3. The fourth-order valence-electron chi connectivity index (χ4n) is 4.48. The number of esters is 1.